The van der Waals surface area contributed by atoms with Crippen LogP contribution in [0.25, 0.3) is 0 Å². The van der Waals surface area contributed by atoms with Crippen LogP contribution < -0.4 is 9.47 Å². The number of benzene rings is 3. The quantitative estimate of drug-likeness (QED) is 0.577. The molecule has 0 bridgehead atoms. The molecule has 0 saturated carbocycles. The second-order valence-corrected chi connectivity index (χ2v) is 6.05. The molecule has 3 aromatic carbocycles. The number of esters is 1. The zero-order chi connectivity index (χ0) is 19.1. The molecule has 27 heavy (non-hydrogen) atoms. The van der Waals surface area contributed by atoms with Crippen LogP contribution in [0.2, 0.25) is 0 Å². The van der Waals surface area contributed by atoms with E-state index >= 15 is 0 Å². The number of carbonyl (C=O) groups excluding carboxylic acids is 1. The predicted octanol–water partition coefficient (Wildman–Crippen LogP) is 4.58. The molecule has 0 saturated heterocycles. The van der Waals surface area contributed by atoms with Gasteiger partial charge in [-0.15, -0.1) is 0 Å². The first-order chi connectivity index (χ1) is 13.2. The van der Waals surface area contributed by atoms with E-state index in [1.807, 2.05) is 72.8 Å². The molecule has 0 aromatic heterocycles. The lowest BCUT2D eigenvalue weighted by Crippen LogP contribution is -2.17. The Labute approximate surface area is 159 Å². The van der Waals surface area contributed by atoms with Gasteiger partial charge < -0.3 is 14.2 Å². The van der Waals surface area contributed by atoms with Crippen molar-refractivity contribution in [2.75, 3.05) is 14.2 Å². The van der Waals surface area contributed by atoms with Gasteiger partial charge in [0, 0.05) is 0 Å². The van der Waals surface area contributed by atoms with Crippen molar-refractivity contribution >= 4 is 5.97 Å². The van der Waals surface area contributed by atoms with Crippen LogP contribution in [-0.2, 0) is 16.1 Å². The highest BCUT2D eigenvalue weighted by Crippen LogP contribution is 2.29. The summed E-state index contributed by atoms with van der Waals surface area (Å²) in [4.78, 5) is 12.9. The Bertz CT molecular complexity index is 836. The van der Waals surface area contributed by atoms with Gasteiger partial charge in [-0.25, -0.2) is 0 Å². The number of carbonyl (C=O) groups is 1. The van der Waals surface area contributed by atoms with Crippen LogP contribution in [-0.4, -0.2) is 20.2 Å². The molecule has 0 fully saturated rings. The van der Waals surface area contributed by atoms with Gasteiger partial charge in [0.05, 0.1) is 14.2 Å². The van der Waals surface area contributed by atoms with E-state index in [0.717, 1.165) is 16.7 Å². The minimum Gasteiger partial charge on any atom is -0.493 e. The maximum Gasteiger partial charge on any atom is 0.318 e. The normalized spacial score (nSPS) is 10.5. The molecular weight excluding hydrogens is 340 g/mol. The van der Waals surface area contributed by atoms with Crippen molar-refractivity contribution in [3.05, 3.63) is 95.6 Å². The Hall–Kier alpha value is -3.27. The van der Waals surface area contributed by atoms with Crippen LogP contribution in [0.4, 0.5) is 0 Å². The molecule has 3 aromatic rings. The van der Waals surface area contributed by atoms with Crippen molar-refractivity contribution in [3.8, 4) is 11.5 Å². The van der Waals surface area contributed by atoms with Crippen LogP contribution in [0.1, 0.15) is 22.6 Å². The maximum atomic E-state index is 12.9. The summed E-state index contributed by atoms with van der Waals surface area (Å²) in [5, 5.41) is 0. The number of methoxy groups -OCH3 is 2. The molecule has 0 heterocycles. The van der Waals surface area contributed by atoms with E-state index in [-0.39, 0.29) is 12.6 Å². The lowest BCUT2D eigenvalue weighted by molar-refractivity contribution is -0.145. The Balaban J connectivity index is 1.79. The molecule has 0 unspecified atom stereocenters. The molecule has 0 atom stereocenters. The fraction of sp³-hybridized carbons (Fsp3) is 0.174. The van der Waals surface area contributed by atoms with Crippen LogP contribution in [0.5, 0.6) is 11.5 Å². The molecule has 138 valence electrons. The molecule has 0 aliphatic heterocycles. The van der Waals surface area contributed by atoms with E-state index in [4.69, 9.17) is 14.2 Å². The van der Waals surface area contributed by atoms with Gasteiger partial charge in [-0.3, -0.25) is 4.79 Å². The molecular formula is C23H22O4. The van der Waals surface area contributed by atoms with Crippen molar-refractivity contribution < 1.29 is 19.0 Å². The average Bonchev–Trinajstić information content (AvgIpc) is 2.73. The van der Waals surface area contributed by atoms with Crippen LogP contribution in [0.15, 0.2) is 78.9 Å². The van der Waals surface area contributed by atoms with E-state index in [1.165, 1.54) is 0 Å². The van der Waals surface area contributed by atoms with Crippen LogP contribution >= 0.6 is 0 Å². The van der Waals surface area contributed by atoms with Crippen LogP contribution in [0, 0.1) is 0 Å². The number of ether oxygens (including phenoxy) is 3. The summed E-state index contributed by atoms with van der Waals surface area (Å²) in [7, 11) is 3.16. The third kappa shape index (κ3) is 4.47. The Kier molecular flexibility index (Phi) is 6.10. The summed E-state index contributed by atoms with van der Waals surface area (Å²) in [5.41, 5.74) is 2.64. The van der Waals surface area contributed by atoms with Gasteiger partial charge >= 0.3 is 5.97 Å². The minimum atomic E-state index is -0.465. The van der Waals surface area contributed by atoms with Crippen molar-refractivity contribution in [2.24, 2.45) is 0 Å². The van der Waals surface area contributed by atoms with Crippen molar-refractivity contribution in [1.82, 2.24) is 0 Å². The number of hydrogen-bond donors (Lipinski definition) is 0. The lowest BCUT2D eigenvalue weighted by atomic mass is 9.91. The van der Waals surface area contributed by atoms with E-state index in [1.54, 1.807) is 20.3 Å². The van der Waals surface area contributed by atoms with Crippen LogP contribution in [0.3, 0.4) is 0 Å². The third-order valence-electron chi connectivity index (χ3n) is 4.33. The first-order valence-electron chi connectivity index (χ1n) is 8.70. The fourth-order valence-corrected chi connectivity index (χ4v) is 2.96. The van der Waals surface area contributed by atoms with Crippen molar-refractivity contribution in [2.45, 2.75) is 12.5 Å². The monoisotopic (exact) mass is 362 g/mol. The van der Waals surface area contributed by atoms with Crippen molar-refractivity contribution in [1.29, 1.82) is 0 Å². The summed E-state index contributed by atoms with van der Waals surface area (Å²) < 4.78 is 16.2. The zero-order valence-electron chi connectivity index (χ0n) is 15.4. The largest absolute Gasteiger partial charge is 0.493 e. The maximum absolute atomic E-state index is 12.9. The molecule has 0 aliphatic carbocycles. The fourth-order valence-electron chi connectivity index (χ4n) is 2.96. The van der Waals surface area contributed by atoms with E-state index in [2.05, 4.69) is 0 Å². The van der Waals surface area contributed by atoms with Gasteiger partial charge in [0.2, 0.25) is 0 Å². The minimum absolute atomic E-state index is 0.162. The van der Waals surface area contributed by atoms with Crippen molar-refractivity contribution in [3.63, 3.8) is 0 Å². The molecule has 0 spiro atoms. The van der Waals surface area contributed by atoms with Gasteiger partial charge in [-0.2, -0.15) is 0 Å². The van der Waals surface area contributed by atoms with Gasteiger partial charge in [-0.1, -0.05) is 66.7 Å². The highest BCUT2D eigenvalue weighted by Gasteiger charge is 2.24. The standard InChI is InChI=1S/C23H22O4/c1-25-20-14-13-17(15-21(20)26-2)16-27-23(24)22(18-9-5-3-6-10-18)19-11-7-4-8-12-19/h3-15,22H,16H2,1-2H3. The molecule has 0 aliphatic rings. The van der Waals surface area contributed by atoms with E-state index in [9.17, 15) is 4.79 Å². The summed E-state index contributed by atoms with van der Waals surface area (Å²) in [5.74, 6) is 0.488. The molecule has 0 amide bonds. The summed E-state index contributed by atoms with van der Waals surface area (Å²) in [6, 6.07) is 24.8. The summed E-state index contributed by atoms with van der Waals surface area (Å²) in [6.45, 7) is 0.162. The van der Waals surface area contributed by atoms with Gasteiger partial charge in [0.25, 0.3) is 0 Å². The molecule has 0 N–H and O–H groups in total. The molecule has 3 rings (SSSR count). The van der Waals surface area contributed by atoms with Gasteiger partial charge in [-0.05, 0) is 28.8 Å². The zero-order valence-corrected chi connectivity index (χ0v) is 15.4. The third-order valence-corrected chi connectivity index (χ3v) is 4.33. The topological polar surface area (TPSA) is 44.8 Å². The van der Waals surface area contributed by atoms with E-state index < -0.39 is 5.92 Å². The first-order valence-corrected chi connectivity index (χ1v) is 8.70. The second kappa shape index (κ2) is 8.90. The Morgan fingerprint density at radius 1 is 0.778 bits per heavy atom. The summed E-state index contributed by atoms with van der Waals surface area (Å²) >= 11 is 0. The Morgan fingerprint density at radius 2 is 1.33 bits per heavy atom. The lowest BCUT2D eigenvalue weighted by Gasteiger charge is -2.17. The molecule has 4 heteroatoms. The molecule has 4 nitrogen and oxygen atoms in total. The smallest absolute Gasteiger partial charge is 0.318 e. The predicted molar refractivity (Wildman–Crippen MR) is 104 cm³/mol. The highest BCUT2D eigenvalue weighted by atomic mass is 16.5. The first kappa shape index (κ1) is 18.5. The SMILES string of the molecule is COc1ccc(COC(=O)C(c2ccccc2)c2ccccc2)cc1OC. The number of rotatable bonds is 7. The van der Waals surface area contributed by atoms with E-state index in [0.29, 0.717) is 11.5 Å². The molecule has 0 radical (unpaired) electrons. The average molecular weight is 362 g/mol. The highest BCUT2D eigenvalue weighted by molar-refractivity contribution is 5.82. The Morgan fingerprint density at radius 3 is 1.85 bits per heavy atom. The summed E-state index contributed by atoms with van der Waals surface area (Å²) in [6.07, 6.45) is 0. The second-order valence-electron chi connectivity index (χ2n) is 6.05. The number of hydrogen-bond acceptors (Lipinski definition) is 4. The van der Waals surface area contributed by atoms with Gasteiger partial charge in [0.15, 0.2) is 11.5 Å². The van der Waals surface area contributed by atoms with Gasteiger partial charge in [0.1, 0.15) is 12.5 Å².